The molecule has 1 aromatic rings. The predicted octanol–water partition coefficient (Wildman–Crippen LogP) is 3.26. The van der Waals surface area contributed by atoms with Gasteiger partial charge in [0, 0.05) is 39.2 Å². The molecule has 0 N–H and O–H groups in total. The van der Waals surface area contributed by atoms with E-state index in [0.717, 1.165) is 70.5 Å². The van der Waals surface area contributed by atoms with Crippen molar-refractivity contribution in [2.45, 2.75) is 64.9 Å². The van der Waals surface area contributed by atoms with Crippen LogP contribution in [0.15, 0.2) is 18.2 Å². The van der Waals surface area contributed by atoms with E-state index >= 15 is 0 Å². The summed E-state index contributed by atoms with van der Waals surface area (Å²) < 4.78 is 5.75. The second-order valence-corrected chi connectivity index (χ2v) is 9.39. The number of carbonyl (C=O) groups is 2. The van der Waals surface area contributed by atoms with E-state index in [0.29, 0.717) is 12.8 Å². The van der Waals surface area contributed by atoms with Crippen LogP contribution >= 0.6 is 0 Å². The van der Waals surface area contributed by atoms with Gasteiger partial charge < -0.3 is 14.5 Å². The molecule has 0 saturated carbocycles. The number of carbonyl (C=O) groups excluding carboxylic acids is 2. The molecule has 5 heteroatoms. The number of amides is 2. The highest BCUT2D eigenvalue weighted by atomic mass is 16.5. The van der Waals surface area contributed by atoms with E-state index in [1.165, 1.54) is 11.1 Å². The third-order valence-electron chi connectivity index (χ3n) is 7.30. The first-order valence-corrected chi connectivity index (χ1v) is 11.2. The lowest BCUT2D eigenvalue weighted by atomic mass is 9.72. The SMILES string of the molecule is Cc1ccc(CC(=O)N2CCC3(CCC(=O)N(C[C@@H]4CCCO4)C3)CC2)cc1C. The van der Waals surface area contributed by atoms with Gasteiger partial charge in [-0.05, 0) is 68.1 Å². The summed E-state index contributed by atoms with van der Waals surface area (Å²) in [6.45, 7) is 8.23. The molecule has 3 fully saturated rings. The van der Waals surface area contributed by atoms with Crippen LogP contribution in [-0.2, 0) is 20.7 Å². The molecule has 29 heavy (non-hydrogen) atoms. The van der Waals surface area contributed by atoms with Crippen molar-refractivity contribution in [2.75, 3.05) is 32.8 Å². The second-order valence-electron chi connectivity index (χ2n) is 9.39. The fourth-order valence-corrected chi connectivity index (χ4v) is 5.14. The van der Waals surface area contributed by atoms with Gasteiger partial charge >= 0.3 is 0 Å². The number of nitrogens with zero attached hydrogens (tertiary/aromatic N) is 2. The Kier molecular flexibility index (Phi) is 5.95. The highest BCUT2D eigenvalue weighted by Gasteiger charge is 2.42. The van der Waals surface area contributed by atoms with Crippen molar-refractivity contribution in [1.29, 1.82) is 0 Å². The number of piperidine rings is 2. The lowest BCUT2D eigenvalue weighted by molar-refractivity contribution is -0.143. The Morgan fingerprint density at radius 2 is 1.97 bits per heavy atom. The van der Waals surface area contributed by atoms with Gasteiger partial charge in [0.2, 0.25) is 11.8 Å². The fourth-order valence-electron chi connectivity index (χ4n) is 5.14. The molecule has 2 amide bonds. The third kappa shape index (κ3) is 4.66. The quantitative estimate of drug-likeness (QED) is 0.782. The molecule has 3 aliphatic heterocycles. The Bertz CT molecular complexity index is 761. The Hall–Kier alpha value is -1.88. The lowest BCUT2D eigenvalue weighted by Crippen LogP contribution is -2.53. The zero-order chi connectivity index (χ0) is 20.4. The molecule has 5 nitrogen and oxygen atoms in total. The van der Waals surface area contributed by atoms with Crippen molar-refractivity contribution in [3.05, 3.63) is 34.9 Å². The highest BCUT2D eigenvalue weighted by molar-refractivity contribution is 5.79. The second kappa shape index (κ2) is 8.47. The Labute approximate surface area is 174 Å². The Morgan fingerprint density at radius 1 is 1.17 bits per heavy atom. The lowest BCUT2D eigenvalue weighted by Gasteiger charge is -2.47. The molecule has 4 rings (SSSR count). The maximum absolute atomic E-state index is 12.8. The predicted molar refractivity (Wildman–Crippen MR) is 113 cm³/mol. The van der Waals surface area contributed by atoms with Crippen LogP contribution in [0.4, 0.5) is 0 Å². The number of rotatable bonds is 4. The summed E-state index contributed by atoms with van der Waals surface area (Å²) >= 11 is 0. The van der Waals surface area contributed by atoms with Gasteiger partial charge in [-0.15, -0.1) is 0 Å². The number of benzene rings is 1. The molecule has 0 unspecified atom stereocenters. The first-order chi connectivity index (χ1) is 13.9. The molecular formula is C24H34N2O3. The van der Waals surface area contributed by atoms with Crippen molar-refractivity contribution in [2.24, 2.45) is 5.41 Å². The minimum atomic E-state index is 0.184. The zero-order valence-corrected chi connectivity index (χ0v) is 17.9. The average Bonchev–Trinajstić information content (AvgIpc) is 3.21. The van der Waals surface area contributed by atoms with Gasteiger partial charge in [-0.1, -0.05) is 18.2 Å². The van der Waals surface area contributed by atoms with Gasteiger partial charge in [-0.2, -0.15) is 0 Å². The number of hydrogen-bond acceptors (Lipinski definition) is 3. The summed E-state index contributed by atoms with van der Waals surface area (Å²) in [6.07, 6.45) is 6.48. The van der Waals surface area contributed by atoms with Gasteiger partial charge in [0.15, 0.2) is 0 Å². The molecule has 0 bridgehead atoms. The van der Waals surface area contributed by atoms with E-state index in [1.807, 2.05) is 9.80 Å². The number of ether oxygens (including phenoxy) is 1. The van der Waals surface area contributed by atoms with Gasteiger partial charge in [0.25, 0.3) is 0 Å². The molecule has 1 atom stereocenters. The van der Waals surface area contributed by atoms with Crippen LogP contribution in [0.5, 0.6) is 0 Å². The fraction of sp³-hybridized carbons (Fsp3) is 0.667. The highest BCUT2D eigenvalue weighted by Crippen LogP contribution is 2.40. The van der Waals surface area contributed by atoms with Crippen molar-refractivity contribution in [3.63, 3.8) is 0 Å². The molecule has 1 aromatic carbocycles. The van der Waals surface area contributed by atoms with Crippen molar-refractivity contribution in [3.8, 4) is 0 Å². The van der Waals surface area contributed by atoms with E-state index in [-0.39, 0.29) is 23.3 Å². The van der Waals surface area contributed by atoms with Gasteiger partial charge in [-0.3, -0.25) is 9.59 Å². The maximum Gasteiger partial charge on any atom is 0.226 e. The van der Waals surface area contributed by atoms with Crippen LogP contribution in [-0.4, -0.2) is 60.5 Å². The Morgan fingerprint density at radius 3 is 2.66 bits per heavy atom. The summed E-state index contributed by atoms with van der Waals surface area (Å²) in [4.78, 5) is 29.3. The van der Waals surface area contributed by atoms with E-state index in [2.05, 4.69) is 32.0 Å². The maximum atomic E-state index is 12.8. The van der Waals surface area contributed by atoms with Crippen LogP contribution in [0.2, 0.25) is 0 Å². The zero-order valence-electron chi connectivity index (χ0n) is 17.9. The summed E-state index contributed by atoms with van der Waals surface area (Å²) in [5, 5.41) is 0. The van der Waals surface area contributed by atoms with E-state index < -0.39 is 0 Å². The smallest absolute Gasteiger partial charge is 0.226 e. The van der Waals surface area contributed by atoms with E-state index in [1.54, 1.807) is 0 Å². The average molecular weight is 399 g/mol. The van der Waals surface area contributed by atoms with Crippen LogP contribution in [0.3, 0.4) is 0 Å². The van der Waals surface area contributed by atoms with Crippen LogP contribution in [0, 0.1) is 19.3 Å². The summed E-state index contributed by atoms with van der Waals surface area (Å²) in [5.41, 5.74) is 3.79. The minimum absolute atomic E-state index is 0.184. The first kappa shape index (κ1) is 20.4. The Balaban J connectivity index is 1.32. The van der Waals surface area contributed by atoms with E-state index in [9.17, 15) is 9.59 Å². The van der Waals surface area contributed by atoms with Crippen molar-refractivity contribution in [1.82, 2.24) is 9.80 Å². The number of likely N-dealkylation sites (tertiary alicyclic amines) is 2. The largest absolute Gasteiger partial charge is 0.376 e. The minimum Gasteiger partial charge on any atom is -0.376 e. The normalized spacial score (nSPS) is 24.3. The molecular weight excluding hydrogens is 364 g/mol. The molecule has 3 aliphatic rings. The standard InChI is InChI=1S/C24H34N2O3/c1-18-5-6-20(14-19(18)2)15-23(28)25-11-9-24(10-12-25)8-7-22(27)26(17-24)16-21-4-3-13-29-21/h5-6,14,21H,3-4,7-13,15-17H2,1-2H3/t21-/m0/s1. The van der Waals surface area contributed by atoms with E-state index in [4.69, 9.17) is 4.74 Å². The van der Waals surface area contributed by atoms with Gasteiger partial charge in [0.05, 0.1) is 12.5 Å². The summed E-state index contributed by atoms with van der Waals surface area (Å²) in [5.74, 6) is 0.505. The molecule has 3 heterocycles. The molecule has 1 spiro atoms. The molecule has 3 saturated heterocycles. The molecule has 0 aliphatic carbocycles. The van der Waals surface area contributed by atoms with Gasteiger partial charge in [-0.25, -0.2) is 0 Å². The van der Waals surface area contributed by atoms with Crippen molar-refractivity contribution < 1.29 is 14.3 Å². The monoisotopic (exact) mass is 398 g/mol. The van der Waals surface area contributed by atoms with Gasteiger partial charge in [0.1, 0.15) is 0 Å². The van der Waals surface area contributed by atoms with Crippen LogP contribution in [0.1, 0.15) is 55.2 Å². The van der Waals surface area contributed by atoms with Crippen LogP contribution in [0.25, 0.3) is 0 Å². The van der Waals surface area contributed by atoms with Crippen molar-refractivity contribution >= 4 is 11.8 Å². The number of aryl methyl sites for hydroxylation is 2. The molecule has 0 aromatic heterocycles. The topological polar surface area (TPSA) is 49.9 Å². The number of hydrogen-bond donors (Lipinski definition) is 0. The molecule has 158 valence electrons. The summed E-state index contributed by atoms with van der Waals surface area (Å²) in [7, 11) is 0. The summed E-state index contributed by atoms with van der Waals surface area (Å²) in [6, 6.07) is 6.31. The first-order valence-electron chi connectivity index (χ1n) is 11.2. The molecule has 0 radical (unpaired) electrons. The van der Waals surface area contributed by atoms with Crippen LogP contribution < -0.4 is 0 Å². The third-order valence-corrected chi connectivity index (χ3v) is 7.30.